The molecule has 1 aromatic carbocycles. The first-order valence-electron chi connectivity index (χ1n) is 6.27. The number of hydrogen-bond acceptors (Lipinski definition) is 6. The number of aromatic nitrogens is 2. The lowest BCUT2D eigenvalue weighted by molar-refractivity contribution is 0.422. The van der Waals surface area contributed by atoms with E-state index in [0.717, 1.165) is 21.6 Å². The van der Waals surface area contributed by atoms with Crippen molar-refractivity contribution in [1.29, 1.82) is 0 Å². The summed E-state index contributed by atoms with van der Waals surface area (Å²) in [6.45, 7) is 2.22. The van der Waals surface area contributed by atoms with Crippen molar-refractivity contribution in [3.8, 4) is 11.5 Å². The van der Waals surface area contributed by atoms with Gasteiger partial charge in [-0.2, -0.15) is 16.7 Å². The molecular formula is C13H14BrN3OS2. The lowest BCUT2D eigenvalue weighted by Gasteiger charge is -2.24. The molecule has 3 rings (SSSR count). The predicted octanol–water partition coefficient (Wildman–Crippen LogP) is 3.99. The van der Waals surface area contributed by atoms with Crippen molar-refractivity contribution >= 4 is 45.1 Å². The number of anilines is 1. The fraction of sp³-hybridized carbons (Fsp3) is 0.385. The summed E-state index contributed by atoms with van der Waals surface area (Å²) < 4.78 is 6.24. The number of thioether (sulfide) groups is 2. The molecule has 1 aliphatic rings. The number of halogens is 1. The fourth-order valence-corrected chi connectivity index (χ4v) is 5.10. The van der Waals surface area contributed by atoms with Gasteiger partial charge in [0.1, 0.15) is 0 Å². The first-order chi connectivity index (χ1) is 9.65. The minimum atomic E-state index is 0.309. The van der Waals surface area contributed by atoms with Crippen LogP contribution in [0.15, 0.2) is 27.2 Å². The van der Waals surface area contributed by atoms with Gasteiger partial charge in [0, 0.05) is 32.5 Å². The number of nitrogens with zero attached hydrogens (tertiary/aromatic N) is 2. The predicted molar refractivity (Wildman–Crippen MR) is 89.0 cm³/mol. The zero-order valence-electron chi connectivity index (χ0n) is 10.9. The Hall–Kier alpha value is -0.660. The van der Waals surface area contributed by atoms with Gasteiger partial charge in [-0.3, -0.25) is 0 Å². The Labute approximate surface area is 134 Å². The van der Waals surface area contributed by atoms with E-state index in [1.54, 1.807) is 0 Å². The van der Waals surface area contributed by atoms with E-state index in [4.69, 9.17) is 10.3 Å². The summed E-state index contributed by atoms with van der Waals surface area (Å²) in [4.78, 5) is 4.55. The lowest BCUT2D eigenvalue weighted by Crippen LogP contribution is -2.16. The molecule has 2 heterocycles. The third kappa shape index (κ3) is 2.84. The number of hydrogen-bond donors (Lipinski definition) is 1. The molecule has 20 heavy (non-hydrogen) atoms. The van der Waals surface area contributed by atoms with Crippen LogP contribution in [0.5, 0.6) is 0 Å². The highest BCUT2D eigenvalue weighted by atomic mass is 79.9. The highest BCUT2D eigenvalue weighted by Gasteiger charge is 2.28. The molecule has 0 radical (unpaired) electrons. The van der Waals surface area contributed by atoms with E-state index in [1.165, 1.54) is 5.75 Å². The van der Waals surface area contributed by atoms with Crippen molar-refractivity contribution in [2.45, 2.75) is 17.4 Å². The minimum Gasteiger partial charge on any atom is -0.398 e. The number of nitrogen functional groups attached to an aromatic ring is 1. The Morgan fingerprint density at radius 1 is 1.35 bits per heavy atom. The van der Waals surface area contributed by atoms with E-state index in [-0.39, 0.29) is 0 Å². The normalized spacial score (nSPS) is 22.9. The largest absolute Gasteiger partial charge is 0.398 e. The Balaban J connectivity index is 1.87. The molecule has 0 spiro atoms. The standard InChI is InChI=1S/C13H14BrN3OS2/c1-7-11(20-5-4-19-7)12-16-13(18-17-12)8-2-3-10(15)9(14)6-8/h2-3,6-7,11H,4-5,15H2,1H3. The summed E-state index contributed by atoms with van der Waals surface area (Å²) in [5, 5.41) is 4.97. The summed E-state index contributed by atoms with van der Waals surface area (Å²) in [5.41, 5.74) is 7.36. The summed E-state index contributed by atoms with van der Waals surface area (Å²) in [6.07, 6.45) is 0. The van der Waals surface area contributed by atoms with E-state index in [2.05, 4.69) is 33.0 Å². The molecule has 1 aliphatic heterocycles. The third-order valence-electron chi connectivity index (χ3n) is 3.13. The van der Waals surface area contributed by atoms with Gasteiger partial charge in [0.2, 0.25) is 0 Å². The lowest BCUT2D eigenvalue weighted by atomic mass is 10.2. The van der Waals surface area contributed by atoms with Crippen molar-refractivity contribution in [3.63, 3.8) is 0 Å². The Morgan fingerprint density at radius 2 is 2.15 bits per heavy atom. The second kappa shape index (κ2) is 5.99. The molecule has 1 saturated heterocycles. The van der Waals surface area contributed by atoms with Crippen LogP contribution >= 0.6 is 39.5 Å². The molecule has 1 aromatic heterocycles. The van der Waals surface area contributed by atoms with Gasteiger partial charge < -0.3 is 10.3 Å². The minimum absolute atomic E-state index is 0.309. The van der Waals surface area contributed by atoms with Gasteiger partial charge in [0.25, 0.3) is 5.89 Å². The van der Waals surface area contributed by atoms with E-state index in [0.29, 0.717) is 22.1 Å². The van der Waals surface area contributed by atoms with Crippen molar-refractivity contribution in [2.24, 2.45) is 0 Å². The van der Waals surface area contributed by atoms with E-state index in [1.807, 2.05) is 41.7 Å². The SMILES string of the molecule is CC1SCCSC1c1noc(-c2ccc(N)c(Br)c2)n1. The summed E-state index contributed by atoms with van der Waals surface area (Å²) >= 11 is 7.28. The van der Waals surface area contributed by atoms with Crippen LogP contribution < -0.4 is 5.73 Å². The van der Waals surface area contributed by atoms with E-state index < -0.39 is 0 Å². The molecule has 0 amide bonds. The monoisotopic (exact) mass is 371 g/mol. The molecule has 106 valence electrons. The van der Waals surface area contributed by atoms with Gasteiger partial charge in [-0.05, 0) is 34.1 Å². The van der Waals surface area contributed by atoms with Crippen LogP contribution in [-0.2, 0) is 0 Å². The summed E-state index contributed by atoms with van der Waals surface area (Å²) in [5.74, 6) is 3.66. The first-order valence-corrected chi connectivity index (χ1v) is 9.16. The van der Waals surface area contributed by atoms with Gasteiger partial charge in [-0.25, -0.2) is 0 Å². The van der Waals surface area contributed by atoms with Crippen LogP contribution in [0, 0.1) is 0 Å². The average Bonchev–Trinajstić information content (AvgIpc) is 2.92. The van der Waals surface area contributed by atoms with Crippen molar-refractivity contribution in [3.05, 3.63) is 28.5 Å². The van der Waals surface area contributed by atoms with Crippen LogP contribution in [0.4, 0.5) is 5.69 Å². The van der Waals surface area contributed by atoms with Crippen LogP contribution in [-0.4, -0.2) is 26.9 Å². The van der Waals surface area contributed by atoms with Crippen LogP contribution in [0.1, 0.15) is 18.0 Å². The Morgan fingerprint density at radius 3 is 2.90 bits per heavy atom. The van der Waals surface area contributed by atoms with Gasteiger partial charge in [-0.15, -0.1) is 11.8 Å². The van der Waals surface area contributed by atoms with E-state index in [9.17, 15) is 0 Å². The molecule has 1 fully saturated rings. The molecule has 2 aromatic rings. The van der Waals surface area contributed by atoms with Crippen LogP contribution in [0.2, 0.25) is 0 Å². The molecule has 2 atom stereocenters. The van der Waals surface area contributed by atoms with Gasteiger partial charge in [0.15, 0.2) is 5.82 Å². The quantitative estimate of drug-likeness (QED) is 0.805. The van der Waals surface area contributed by atoms with Crippen LogP contribution in [0.3, 0.4) is 0 Å². The molecule has 0 saturated carbocycles. The smallest absolute Gasteiger partial charge is 0.258 e. The summed E-state index contributed by atoms with van der Waals surface area (Å²) in [6, 6.07) is 5.62. The second-order valence-corrected chi connectivity index (χ2v) is 8.15. The van der Waals surface area contributed by atoms with E-state index >= 15 is 0 Å². The van der Waals surface area contributed by atoms with Crippen molar-refractivity contribution in [1.82, 2.24) is 10.1 Å². The molecule has 2 unspecified atom stereocenters. The maximum atomic E-state index is 5.79. The third-order valence-corrected chi connectivity index (χ3v) is 6.90. The first kappa shape index (κ1) is 14.3. The molecule has 2 N–H and O–H groups in total. The van der Waals surface area contributed by atoms with Gasteiger partial charge in [0.05, 0.1) is 5.25 Å². The second-order valence-electron chi connectivity index (χ2n) is 4.56. The number of benzene rings is 1. The zero-order valence-corrected chi connectivity index (χ0v) is 14.1. The van der Waals surface area contributed by atoms with Gasteiger partial charge >= 0.3 is 0 Å². The summed E-state index contributed by atoms with van der Waals surface area (Å²) in [7, 11) is 0. The average molecular weight is 372 g/mol. The topological polar surface area (TPSA) is 64.9 Å². The number of nitrogens with two attached hydrogens (primary N) is 1. The molecule has 0 aliphatic carbocycles. The van der Waals surface area contributed by atoms with Crippen molar-refractivity contribution in [2.75, 3.05) is 17.2 Å². The zero-order chi connectivity index (χ0) is 14.1. The molecule has 4 nitrogen and oxygen atoms in total. The molecule has 0 bridgehead atoms. The molecular weight excluding hydrogens is 358 g/mol. The van der Waals surface area contributed by atoms with Crippen LogP contribution in [0.25, 0.3) is 11.5 Å². The maximum Gasteiger partial charge on any atom is 0.258 e. The fourth-order valence-electron chi connectivity index (χ4n) is 2.04. The highest BCUT2D eigenvalue weighted by Crippen LogP contribution is 2.41. The Kier molecular flexibility index (Phi) is 4.28. The maximum absolute atomic E-state index is 5.79. The Bertz CT molecular complexity index is 619. The number of rotatable bonds is 2. The molecule has 7 heteroatoms. The van der Waals surface area contributed by atoms with Crippen molar-refractivity contribution < 1.29 is 4.52 Å². The van der Waals surface area contributed by atoms with Gasteiger partial charge in [-0.1, -0.05) is 12.1 Å². The highest BCUT2D eigenvalue weighted by molar-refractivity contribution is 9.10.